The first-order chi connectivity index (χ1) is 59.5. The Morgan fingerprint density at radius 2 is 1.24 bits per heavy atom. The number of aliphatic hydroxyl groups excluding tert-OH is 1. The molecule has 0 spiro atoms. The third-order valence-electron chi connectivity index (χ3n) is 24.6. The second-order valence-corrected chi connectivity index (χ2v) is 34.6. The average molecular weight is 1780 g/mol. The van der Waals surface area contributed by atoms with Crippen LogP contribution in [0.3, 0.4) is 0 Å². The molecule has 38 nitrogen and oxygen atoms in total. The quantitative estimate of drug-likeness (QED) is 0.00700. The highest BCUT2D eigenvalue weighted by Crippen LogP contribution is 2.65. The number of fused-ring (bicyclic) bond motifs is 5. The average Bonchev–Trinajstić information content (AvgIpc) is 1.03. The molecule has 39 heteroatoms. The molecule has 2 saturated carbocycles. The maximum Gasteiger partial charge on any atom is 0.350 e. The fourth-order valence-corrected chi connectivity index (χ4v) is 18.1. The van der Waals surface area contributed by atoms with E-state index in [1.807, 2.05) is 6.92 Å². The van der Waals surface area contributed by atoms with Gasteiger partial charge in [0, 0.05) is 76.4 Å². The third kappa shape index (κ3) is 23.5. The summed E-state index contributed by atoms with van der Waals surface area (Å²) in [7, 11) is 1.42. The lowest BCUT2D eigenvalue weighted by molar-refractivity contribution is -0.346. The van der Waals surface area contributed by atoms with Gasteiger partial charge in [-0.2, -0.15) is 0 Å². The number of primary amides is 1. The lowest BCUT2D eigenvalue weighted by atomic mass is 9.44. The van der Waals surface area contributed by atoms with Gasteiger partial charge in [0.05, 0.1) is 47.3 Å². The van der Waals surface area contributed by atoms with E-state index in [1.165, 1.54) is 83.3 Å². The lowest BCUT2D eigenvalue weighted by Gasteiger charge is -2.67. The van der Waals surface area contributed by atoms with Gasteiger partial charge in [0.2, 0.25) is 59.3 Å². The topological polar surface area (TPSA) is 599 Å². The van der Waals surface area contributed by atoms with E-state index >= 15 is 9.59 Å². The minimum absolute atomic E-state index is 0.0112. The number of unbranched alkanes of at least 4 members (excludes halogenated alkanes) is 1. The molecule has 20 atom stereocenters. The van der Waals surface area contributed by atoms with Gasteiger partial charge in [0.1, 0.15) is 60.2 Å². The summed E-state index contributed by atoms with van der Waals surface area (Å²) in [6, 6.07) is 13.1. The van der Waals surface area contributed by atoms with E-state index in [0.29, 0.717) is 25.7 Å². The summed E-state index contributed by atoms with van der Waals surface area (Å²) in [5.41, 5.74) is 20.3. The Hall–Kier alpha value is -11.3. The van der Waals surface area contributed by atoms with Crippen LogP contribution in [0.4, 0.5) is 0 Å². The lowest BCUT2D eigenvalue weighted by Crippen LogP contribution is -2.82. The van der Waals surface area contributed by atoms with E-state index in [-0.39, 0.29) is 84.2 Å². The van der Waals surface area contributed by atoms with E-state index < -0.39 is 258 Å². The van der Waals surface area contributed by atoms with Crippen LogP contribution in [0.1, 0.15) is 185 Å². The molecule has 19 N–H and O–H groups in total. The summed E-state index contributed by atoms with van der Waals surface area (Å²) in [6.45, 7) is 13.9. The molecule has 3 aromatic carbocycles. The van der Waals surface area contributed by atoms with Crippen molar-refractivity contribution in [2.75, 3.05) is 39.0 Å². The van der Waals surface area contributed by atoms with Gasteiger partial charge < -0.3 is 105 Å². The minimum atomic E-state index is -2.63. The Labute approximate surface area is 734 Å². The molecule has 0 radical (unpaired) electrons. The highest BCUT2D eigenvalue weighted by Gasteiger charge is 2.78. The third-order valence-corrected chi connectivity index (χ3v) is 25.9. The van der Waals surface area contributed by atoms with Gasteiger partial charge >= 0.3 is 29.8 Å². The van der Waals surface area contributed by atoms with E-state index in [1.54, 1.807) is 63.2 Å². The Kier molecular flexibility index (Phi) is 35.2. The SMILES string of the molecule is CCC(C)[C@H](NC(=O)[C@H](CCCCN)NC(=O)[C@@H](NC(=O)[C@H](CCC(N)=O)NC(=O)[C@H](CCCN=C(N)N)NC(=O)[C@@H](N)CSC1CC(=O)N(CCC(=O)O[C@@H](C(=O)O[C@H]2C[C@@]3(O)C(OC(=O)c4ccccc4)C4[C@](C)(C(=O)[C@H](OC(C)=O)C(=C2C)C3(C)C)[C@@H](O)C[C@H]2OC[C@@]42OC(C)=O)[C@@H](NC(=O)c2ccccc2)c2ccccc2)C1=O)C(C)CC)C(=O)NC. The number of guanidine groups is 1. The van der Waals surface area contributed by atoms with Crippen LogP contribution in [0.2, 0.25) is 0 Å². The Morgan fingerprint density at radius 1 is 0.683 bits per heavy atom. The molecule has 10 amide bonds. The number of nitrogens with zero attached hydrogens (tertiary/aromatic N) is 2. The van der Waals surface area contributed by atoms with Crippen molar-refractivity contribution in [2.24, 2.45) is 62.2 Å². The van der Waals surface area contributed by atoms with E-state index in [0.717, 1.165) is 30.5 Å². The van der Waals surface area contributed by atoms with Crippen LogP contribution in [0, 0.1) is 28.6 Å². The van der Waals surface area contributed by atoms with E-state index in [9.17, 15) is 77.3 Å². The Morgan fingerprint density at radius 3 is 1.79 bits per heavy atom. The summed E-state index contributed by atoms with van der Waals surface area (Å²) in [4.78, 5) is 232. The fraction of sp³-hybridized carbons (Fsp3) is 0.575. The predicted molar refractivity (Wildman–Crippen MR) is 456 cm³/mol. The summed E-state index contributed by atoms with van der Waals surface area (Å²) in [5.74, 6) is -18.1. The smallest absolute Gasteiger partial charge is 0.350 e. The molecular weight excluding hydrogens is 1660 g/mol. The molecule has 2 bridgehead atoms. The van der Waals surface area contributed by atoms with Gasteiger partial charge in [0.25, 0.3) is 5.91 Å². The molecule has 2 aliphatic heterocycles. The molecule has 3 aromatic rings. The molecule has 5 unspecified atom stereocenters. The first-order valence-corrected chi connectivity index (χ1v) is 43.3. The van der Waals surface area contributed by atoms with Crippen LogP contribution in [0.25, 0.3) is 0 Å². The number of amides is 10. The number of likely N-dealkylation sites (tertiary alicyclic amines) is 1. The molecule has 126 heavy (non-hydrogen) atoms. The number of carbonyl (C=O) groups is 16. The number of ether oxygens (including phenoxy) is 6. The number of esters is 5. The van der Waals surface area contributed by atoms with Crippen molar-refractivity contribution in [2.45, 2.75) is 248 Å². The summed E-state index contributed by atoms with van der Waals surface area (Å²) >= 11 is 0.782. The van der Waals surface area contributed by atoms with Crippen molar-refractivity contribution in [1.82, 2.24) is 42.1 Å². The van der Waals surface area contributed by atoms with Crippen molar-refractivity contribution in [1.29, 1.82) is 0 Å². The van der Waals surface area contributed by atoms with Crippen LogP contribution in [-0.4, -0.2) is 244 Å². The van der Waals surface area contributed by atoms with Crippen LogP contribution in [-0.2, 0) is 95.5 Å². The number of aliphatic hydroxyl groups is 2. The van der Waals surface area contributed by atoms with Crippen LogP contribution >= 0.6 is 11.8 Å². The van der Waals surface area contributed by atoms with E-state index in [4.69, 9.17) is 57.1 Å². The highest BCUT2D eigenvalue weighted by atomic mass is 32.2. The van der Waals surface area contributed by atoms with E-state index in [2.05, 4.69) is 42.2 Å². The first-order valence-electron chi connectivity index (χ1n) is 42.2. The zero-order valence-corrected chi connectivity index (χ0v) is 73.6. The largest absolute Gasteiger partial charge is 0.455 e. The molecule has 688 valence electrons. The number of hydrogen-bond donors (Lipinski definition) is 14. The standard InChI is InChI=1S/C87H120N14O24S/c1-12-45(3)65(78(114)93-11)98-76(112)54(32-23-24-37-88)97-79(115)66(46(4)13-2)99-77(113)56(34-35-61(90)105)96-75(111)55(33-25-38-94-83(91)92)95-74(110)53(89)43-126-58-40-62(106)101(80(58)116)39-36-63(107)123-69(67(50-26-17-14-18-27-50)100-73(109)51-28-19-15-20-29-51)82(118)122-57-42-87(119)72(124-81(117)52-30-21-16-22-31-52)70-85(10,59(104)41-60-86(70,44-120-60)125-49(7)103)71(108)68(121-48(6)102)64(47(57)5)84(87,8)9/h14-22,26-31,45-46,53-60,65-70,72,104,119H,12-13,23-25,32-44,88-89H2,1-11H3,(H2,90,105)(H,93,114)(H,95,110)(H,96,111)(H,97,115)(H,98,112)(H,99,113)(H,100,109)(H4,91,92,94)/t45?,46?,53-,54-,55-,56-,57-,58?,59-,60+,65-,66-,67-,68+,69+,70?,72?,85+,86-,87+/m0/s1. The zero-order valence-electron chi connectivity index (χ0n) is 72.8. The molecule has 2 heterocycles. The first kappa shape index (κ1) is 100. The van der Waals surface area contributed by atoms with Gasteiger partial charge in [-0.3, -0.25) is 77.0 Å². The Bertz CT molecular complexity index is 4560. The van der Waals surface area contributed by atoms with Crippen LogP contribution in [0.5, 0.6) is 0 Å². The zero-order chi connectivity index (χ0) is 93.0. The number of imide groups is 1. The van der Waals surface area contributed by atoms with Crippen molar-refractivity contribution >= 4 is 112 Å². The molecule has 3 aliphatic carbocycles. The molecular formula is C87H120N14O24S. The van der Waals surface area contributed by atoms with Crippen LogP contribution in [0.15, 0.2) is 107 Å². The van der Waals surface area contributed by atoms with Gasteiger partial charge in [-0.1, -0.05) is 121 Å². The normalized spacial score (nSPS) is 24.6. The number of benzene rings is 3. The summed E-state index contributed by atoms with van der Waals surface area (Å²) in [6.07, 6.45) is -12.6. The number of nitrogens with one attached hydrogen (secondary N) is 7. The molecule has 8 rings (SSSR count). The number of carbonyl (C=O) groups excluding carboxylic acids is 16. The number of aliphatic imine (C=N–C) groups is 1. The van der Waals surface area contributed by atoms with Gasteiger partial charge in [0.15, 0.2) is 23.4 Å². The minimum Gasteiger partial charge on any atom is -0.455 e. The molecule has 5 aliphatic rings. The van der Waals surface area contributed by atoms with Gasteiger partial charge in [-0.05, 0) is 112 Å². The Balaban J connectivity index is 1.03. The summed E-state index contributed by atoms with van der Waals surface area (Å²) < 4.78 is 37.2. The van der Waals surface area contributed by atoms with Crippen molar-refractivity contribution in [3.63, 3.8) is 0 Å². The van der Waals surface area contributed by atoms with Crippen molar-refractivity contribution in [3.8, 4) is 0 Å². The molecule has 4 fully saturated rings. The number of hydrogen-bond acceptors (Lipinski definition) is 28. The highest BCUT2D eigenvalue weighted by molar-refractivity contribution is 8.00. The van der Waals surface area contributed by atoms with Crippen molar-refractivity contribution < 1.29 is 115 Å². The number of Topliss-reactive ketones (excluding diaryl/α,β-unsaturated/α-hetero) is 1. The van der Waals surface area contributed by atoms with Gasteiger partial charge in [-0.15, -0.1) is 11.8 Å². The number of thioether (sulfide) groups is 1. The predicted octanol–water partition coefficient (Wildman–Crippen LogP) is 0.575. The number of likely N-dealkylation sites (N-methyl/N-ethyl adjacent to an activating group) is 1. The van der Waals surface area contributed by atoms with Crippen LogP contribution < -0.4 is 65.9 Å². The second kappa shape index (κ2) is 44.3. The monoisotopic (exact) mass is 1780 g/mol. The van der Waals surface area contributed by atoms with Crippen molar-refractivity contribution in [3.05, 3.63) is 119 Å². The van der Waals surface area contributed by atoms with Gasteiger partial charge in [-0.25, -0.2) is 9.59 Å². The maximum atomic E-state index is 16.1. The molecule has 0 aromatic heterocycles. The summed E-state index contributed by atoms with van der Waals surface area (Å²) in [5, 5.41) is 44.1. The number of ketones is 1. The maximum absolute atomic E-state index is 16.1. The fourth-order valence-electron chi connectivity index (χ4n) is 17.0. The second-order valence-electron chi connectivity index (χ2n) is 33.4. The molecule has 2 saturated heterocycles. The number of nitrogens with two attached hydrogens (primary N) is 5. The number of rotatable bonds is 43.